The zero-order valence-electron chi connectivity index (χ0n) is 14.0. The van der Waals surface area contributed by atoms with Gasteiger partial charge in [0.05, 0.1) is 37.0 Å². The molecule has 5 nitrogen and oxygen atoms in total. The van der Waals surface area contributed by atoms with Gasteiger partial charge in [-0.25, -0.2) is 4.39 Å². The van der Waals surface area contributed by atoms with Crippen LogP contribution < -0.4 is 0 Å². The second kappa shape index (κ2) is 7.72. The van der Waals surface area contributed by atoms with Crippen LogP contribution in [0.25, 0.3) is 11.3 Å². The average molecular weight is 367 g/mol. The molecule has 6 heteroatoms. The molecule has 0 saturated carbocycles. The van der Waals surface area contributed by atoms with Crippen LogP contribution in [-0.2, 0) is 17.9 Å². The van der Waals surface area contributed by atoms with Gasteiger partial charge < -0.3 is 10.0 Å². The number of carbonyl (C=O) groups is 1. The van der Waals surface area contributed by atoms with Crippen LogP contribution in [0, 0.1) is 5.82 Å². The Morgan fingerprint density at radius 2 is 1.85 bits per heavy atom. The normalized spacial score (nSPS) is 13.8. The summed E-state index contributed by atoms with van der Waals surface area (Å²) < 4.78 is 13.2. The molecule has 1 aliphatic heterocycles. The zero-order valence-corrected chi connectivity index (χ0v) is 14.0. The van der Waals surface area contributed by atoms with E-state index in [0.717, 1.165) is 28.1 Å². The van der Waals surface area contributed by atoms with Crippen molar-refractivity contribution >= 4 is 5.91 Å². The molecule has 1 unspecified atom stereocenters. The van der Waals surface area contributed by atoms with E-state index in [0.29, 0.717) is 13.1 Å². The summed E-state index contributed by atoms with van der Waals surface area (Å²) in [6.45, 7) is 0.600. The van der Waals surface area contributed by atoms with Gasteiger partial charge in [-0.3, -0.25) is 9.89 Å². The number of aliphatic hydroxyl groups excluding tert-OH is 1. The molecule has 4 rings (SSSR count). The largest absolute Gasteiger partial charge is 0.395 e. The van der Waals surface area contributed by atoms with E-state index in [1.807, 2.05) is 30.3 Å². The molecule has 0 aliphatic carbocycles. The first-order valence-electron chi connectivity index (χ1n) is 8.44. The first-order valence-corrected chi connectivity index (χ1v) is 8.44. The minimum absolute atomic E-state index is 0. The van der Waals surface area contributed by atoms with E-state index in [9.17, 15) is 14.3 Å². The van der Waals surface area contributed by atoms with Crippen LogP contribution >= 0.6 is 0 Å². The van der Waals surface area contributed by atoms with Gasteiger partial charge in [-0.1, -0.05) is 37.8 Å². The summed E-state index contributed by atoms with van der Waals surface area (Å²) in [7, 11) is 0. The SMILES string of the molecule is C.O=C(C(CO)c1ccccc1)N1Cc2[nH]nc(-c3ccc(F)cc3)c2C1. The molecule has 3 aromatic rings. The number of aliphatic hydroxyl groups is 1. The molecule has 2 heterocycles. The van der Waals surface area contributed by atoms with Crippen molar-refractivity contribution in [2.75, 3.05) is 6.61 Å². The molecular weight excluding hydrogens is 345 g/mol. The van der Waals surface area contributed by atoms with E-state index >= 15 is 0 Å². The van der Waals surface area contributed by atoms with Crippen LogP contribution in [0.3, 0.4) is 0 Å². The Labute approximate surface area is 157 Å². The second-order valence-corrected chi connectivity index (χ2v) is 6.38. The number of H-pyrrole nitrogens is 1. The second-order valence-electron chi connectivity index (χ2n) is 6.38. The zero-order chi connectivity index (χ0) is 18.1. The van der Waals surface area contributed by atoms with Gasteiger partial charge in [0.2, 0.25) is 5.91 Å². The molecule has 140 valence electrons. The lowest BCUT2D eigenvalue weighted by molar-refractivity contribution is -0.134. The third-order valence-corrected chi connectivity index (χ3v) is 4.76. The summed E-state index contributed by atoms with van der Waals surface area (Å²) in [4.78, 5) is 14.6. The lowest BCUT2D eigenvalue weighted by atomic mass is 9.98. The number of nitrogens with zero attached hydrogens (tertiary/aromatic N) is 2. The van der Waals surface area contributed by atoms with E-state index in [1.54, 1.807) is 17.0 Å². The van der Waals surface area contributed by atoms with E-state index in [1.165, 1.54) is 12.1 Å². The Kier molecular flexibility index (Phi) is 5.37. The van der Waals surface area contributed by atoms with E-state index in [2.05, 4.69) is 10.2 Å². The lowest BCUT2D eigenvalue weighted by Crippen LogP contribution is -2.32. The molecule has 0 saturated heterocycles. The van der Waals surface area contributed by atoms with Crippen molar-refractivity contribution in [1.29, 1.82) is 0 Å². The standard InChI is InChI=1S/C20H18FN3O2.CH4/c21-15-8-6-14(7-9-15)19-16-10-24(11-18(16)22-23-19)20(26)17(12-25)13-4-2-1-3-5-13;/h1-9,17,25H,10-12H2,(H,22,23);1H4. The number of benzene rings is 2. The average Bonchev–Trinajstić information content (AvgIpc) is 3.25. The first kappa shape index (κ1) is 18.8. The number of amides is 1. The van der Waals surface area contributed by atoms with Gasteiger partial charge >= 0.3 is 0 Å². The topological polar surface area (TPSA) is 69.2 Å². The number of carbonyl (C=O) groups excluding carboxylic acids is 1. The molecule has 2 N–H and O–H groups in total. The number of hydrogen-bond donors (Lipinski definition) is 2. The number of halogens is 1. The summed E-state index contributed by atoms with van der Waals surface area (Å²) in [5.41, 5.74) is 4.15. The molecule has 1 amide bonds. The Morgan fingerprint density at radius 1 is 1.15 bits per heavy atom. The van der Waals surface area contributed by atoms with Crippen molar-refractivity contribution in [3.8, 4) is 11.3 Å². The summed E-state index contributed by atoms with van der Waals surface area (Å²) in [6.07, 6.45) is 0. The fraction of sp³-hybridized carbons (Fsp3) is 0.238. The van der Waals surface area contributed by atoms with Crippen molar-refractivity contribution in [2.24, 2.45) is 0 Å². The minimum Gasteiger partial charge on any atom is -0.395 e. The molecule has 0 spiro atoms. The quantitative estimate of drug-likeness (QED) is 0.742. The molecule has 0 radical (unpaired) electrons. The molecule has 2 aromatic carbocycles. The maximum absolute atomic E-state index is 13.2. The number of nitrogens with one attached hydrogen (secondary N) is 1. The highest BCUT2D eigenvalue weighted by atomic mass is 19.1. The Hall–Kier alpha value is -2.99. The van der Waals surface area contributed by atoms with E-state index in [4.69, 9.17) is 0 Å². The smallest absolute Gasteiger partial charge is 0.233 e. The number of fused-ring (bicyclic) bond motifs is 1. The highest BCUT2D eigenvalue weighted by Crippen LogP contribution is 2.32. The van der Waals surface area contributed by atoms with Crippen molar-refractivity contribution in [3.05, 3.63) is 77.2 Å². The van der Waals surface area contributed by atoms with Gasteiger partial charge in [0.25, 0.3) is 0 Å². The van der Waals surface area contributed by atoms with Crippen molar-refractivity contribution in [1.82, 2.24) is 15.1 Å². The van der Waals surface area contributed by atoms with Crippen LogP contribution in [0.15, 0.2) is 54.6 Å². The van der Waals surface area contributed by atoms with Crippen LogP contribution in [0.5, 0.6) is 0 Å². The number of hydrogen-bond acceptors (Lipinski definition) is 3. The summed E-state index contributed by atoms with van der Waals surface area (Å²) in [5.74, 6) is -0.998. The van der Waals surface area contributed by atoms with Gasteiger partial charge in [-0.05, 0) is 29.8 Å². The van der Waals surface area contributed by atoms with E-state index in [-0.39, 0.29) is 25.8 Å². The number of rotatable bonds is 4. The van der Waals surface area contributed by atoms with Gasteiger partial charge in [0.15, 0.2) is 0 Å². The van der Waals surface area contributed by atoms with E-state index < -0.39 is 5.92 Å². The van der Waals surface area contributed by atoms with Crippen LogP contribution in [0.2, 0.25) is 0 Å². The third-order valence-electron chi connectivity index (χ3n) is 4.76. The van der Waals surface area contributed by atoms with Gasteiger partial charge in [0.1, 0.15) is 5.82 Å². The maximum Gasteiger partial charge on any atom is 0.233 e. The number of aromatic amines is 1. The summed E-state index contributed by atoms with van der Waals surface area (Å²) in [5, 5.41) is 17.0. The monoisotopic (exact) mass is 367 g/mol. The highest BCUT2D eigenvalue weighted by Gasteiger charge is 2.32. The molecule has 0 fully saturated rings. The molecule has 27 heavy (non-hydrogen) atoms. The third kappa shape index (κ3) is 3.48. The molecular formula is C21H22FN3O2. The maximum atomic E-state index is 13.2. The predicted octanol–water partition coefficient (Wildman–Crippen LogP) is 3.47. The fourth-order valence-corrected chi connectivity index (χ4v) is 3.37. The van der Waals surface area contributed by atoms with Crippen LogP contribution in [-0.4, -0.2) is 32.7 Å². The van der Waals surface area contributed by atoms with Crippen molar-refractivity contribution in [2.45, 2.75) is 26.4 Å². The highest BCUT2D eigenvalue weighted by molar-refractivity contribution is 5.85. The number of aromatic nitrogens is 2. The van der Waals surface area contributed by atoms with Gasteiger partial charge in [-0.15, -0.1) is 0 Å². The Morgan fingerprint density at radius 3 is 2.52 bits per heavy atom. The summed E-state index contributed by atoms with van der Waals surface area (Å²) in [6, 6.07) is 15.4. The Balaban J connectivity index is 0.00000210. The molecule has 1 aromatic heterocycles. The first-order chi connectivity index (χ1) is 12.7. The Bertz CT molecular complexity index is 922. The van der Waals surface area contributed by atoms with Crippen molar-refractivity contribution in [3.63, 3.8) is 0 Å². The summed E-state index contributed by atoms with van der Waals surface area (Å²) >= 11 is 0. The molecule has 1 atom stereocenters. The minimum atomic E-state index is -0.581. The van der Waals surface area contributed by atoms with Crippen LogP contribution in [0.1, 0.15) is 30.2 Å². The molecule has 1 aliphatic rings. The predicted molar refractivity (Wildman–Crippen MR) is 101 cm³/mol. The van der Waals surface area contributed by atoms with Crippen LogP contribution in [0.4, 0.5) is 4.39 Å². The fourth-order valence-electron chi connectivity index (χ4n) is 3.37. The van der Waals surface area contributed by atoms with Gasteiger partial charge in [-0.2, -0.15) is 5.10 Å². The van der Waals surface area contributed by atoms with Crippen molar-refractivity contribution < 1.29 is 14.3 Å². The molecule has 0 bridgehead atoms. The van der Waals surface area contributed by atoms with Gasteiger partial charge in [0, 0.05) is 11.1 Å². The lowest BCUT2D eigenvalue weighted by Gasteiger charge is -2.22.